The zero-order valence-electron chi connectivity index (χ0n) is 16.7. The van der Waals surface area contributed by atoms with Gasteiger partial charge in [0.15, 0.2) is 0 Å². The number of rotatable bonds is 9. The molecule has 1 fully saturated rings. The molecule has 146 valence electrons. The van der Waals surface area contributed by atoms with Crippen LogP contribution in [0.25, 0.3) is 0 Å². The second-order valence-electron chi connectivity index (χ2n) is 7.53. The minimum atomic E-state index is 0.277. The van der Waals surface area contributed by atoms with Gasteiger partial charge in [-0.1, -0.05) is 31.0 Å². The van der Waals surface area contributed by atoms with Gasteiger partial charge in [-0.2, -0.15) is 0 Å². The molecule has 1 aromatic rings. The van der Waals surface area contributed by atoms with Gasteiger partial charge in [0.1, 0.15) is 0 Å². The first kappa shape index (κ1) is 21.6. The predicted molar refractivity (Wildman–Crippen MR) is 116 cm³/mol. The molecule has 0 heterocycles. The molecule has 1 aromatic carbocycles. The Labute approximate surface area is 168 Å². The van der Waals surface area contributed by atoms with Crippen LogP contribution in [0.3, 0.4) is 0 Å². The van der Waals surface area contributed by atoms with E-state index in [1.54, 1.807) is 0 Å². The molecule has 0 saturated heterocycles. The number of benzene rings is 1. The van der Waals surface area contributed by atoms with E-state index in [2.05, 4.69) is 50.2 Å². The molecule has 0 bridgehead atoms. The van der Waals surface area contributed by atoms with E-state index < -0.39 is 0 Å². The molecule has 0 aromatic heterocycles. The number of hydrogen-bond donors (Lipinski definition) is 0. The van der Waals surface area contributed by atoms with E-state index in [1.165, 1.54) is 36.1 Å². The Bertz CT molecular complexity index is 565. The fraction of sp³-hybridized carbons (Fsp3) is 0.667. The number of thioether (sulfide) groups is 2. The topological polar surface area (TPSA) is 23.6 Å². The maximum Gasteiger partial charge on any atom is 0.232 e. The van der Waals surface area contributed by atoms with Gasteiger partial charge in [-0.15, -0.1) is 23.5 Å². The highest BCUT2D eigenvalue weighted by Crippen LogP contribution is 2.40. The molecular formula is C21H34N2OS2. The van der Waals surface area contributed by atoms with Gasteiger partial charge < -0.3 is 9.80 Å². The minimum Gasteiger partial charge on any atom is -0.345 e. The molecule has 0 N–H and O–H groups in total. The molecule has 1 saturated carbocycles. The lowest BCUT2D eigenvalue weighted by Gasteiger charge is -2.31. The van der Waals surface area contributed by atoms with Crippen molar-refractivity contribution in [2.24, 2.45) is 0 Å². The standard InChI is InChI=1S/C21H34N2OS2/c1-17-10-5-6-11-18(17)26-20-13-8-7-12-19(20)25-16-21(24)23(4)15-9-14-22(2)3/h5-6,10-11,19-20H,7-9,12-16H2,1-4H3/t19-,20-/m1/s1. The number of hydrogen-bond acceptors (Lipinski definition) is 4. The zero-order valence-corrected chi connectivity index (χ0v) is 18.4. The number of aryl methyl sites for hydroxylation is 1. The predicted octanol–water partition coefficient (Wildman–Crippen LogP) is 4.54. The summed E-state index contributed by atoms with van der Waals surface area (Å²) >= 11 is 3.91. The van der Waals surface area contributed by atoms with Gasteiger partial charge in [-0.3, -0.25) is 4.79 Å². The molecule has 2 atom stereocenters. The number of amides is 1. The van der Waals surface area contributed by atoms with Gasteiger partial charge in [0.2, 0.25) is 5.91 Å². The molecule has 0 aliphatic heterocycles. The molecule has 2 rings (SSSR count). The number of carbonyl (C=O) groups excluding carboxylic acids is 1. The van der Waals surface area contributed by atoms with E-state index in [1.807, 2.05) is 35.5 Å². The van der Waals surface area contributed by atoms with Crippen LogP contribution >= 0.6 is 23.5 Å². The van der Waals surface area contributed by atoms with Crippen LogP contribution in [-0.2, 0) is 4.79 Å². The van der Waals surface area contributed by atoms with Crippen molar-refractivity contribution in [1.82, 2.24) is 9.80 Å². The Balaban J connectivity index is 1.82. The normalized spacial score (nSPS) is 20.3. The molecule has 0 radical (unpaired) electrons. The largest absolute Gasteiger partial charge is 0.345 e. The average Bonchev–Trinajstić information content (AvgIpc) is 2.62. The van der Waals surface area contributed by atoms with E-state index in [9.17, 15) is 4.79 Å². The Hall–Kier alpha value is -0.650. The lowest BCUT2D eigenvalue weighted by molar-refractivity contribution is -0.127. The summed E-state index contributed by atoms with van der Waals surface area (Å²) in [5.74, 6) is 0.896. The van der Waals surface area contributed by atoms with Crippen molar-refractivity contribution < 1.29 is 4.79 Å². The fourth-order valence-electron chi connectivity index (χ4n) is 3.28. The second-order valence-corrected chi connectivity index (χ2v) is 10.0. The van der Waals surface area contributed by atoms with Crippen LogP contribution in [0.5, 0.6) is 0 Å². The third-order valence-corrected chi connectivity index (χ3v) is 8.12. The molecule has 1 aliphatic rings. The van der Waals surface area contributed by atoms with Crippen LogP contribution in [0.4, 0.5) is 0 Å². The summed E-state index contributed by atoms with van der Waals surface area (Å²) in [7, 11) is 6.10. The molecular weight excluding hydrogens is 360 g/mol. The Morgan fingerprint density at radius 2 is 1.77 bits per heavy atom. The fourth-order valence-corrected chi connectivity index (χ4v) is 6.25. The van der Waals surface area contributed by atoms with Crippen molar-refractivity contribution in [2.45, 2.75) is 54.4 Å². The summed E-state index contributed by atoms with van der Waals surface area (Å²) in [6, 6.07) is 8.67. The SMILES string of the molecule is Cc1ccccc1S[C@@H]1CCCC[C@H]1SCC(=O)N(C)CCCN(C)C. The van der Waals surface area contributed by atoms with Crippen molar-refractivity contribution in [2.75, 3.05) is 40.0 Å². The van der Waals surface area contributed by atoms with Gasteiger partial charge in [0.05, 0.1) is 5.75 Å². The van der Waals surface area contributed by atoms with Crippen LogP contribution in [0.1, 0.15) is 37.7 Å². The smallest absolute Gasteiger partial charge is 0.232 e. The highest BCUT2D eigenvalue weighted by molar-refractivity contribution is 8.04. The van der Waals surface area contributed by atoms with E-state index >= 15 is 0 Å². The average molecular weight is 395 g/mol. The number of nitrogens with zero attached hydrogens (tertiary/aromatic N) is 2. The van der Waals surface area contributed by atoms with Gasteiger partial charge in [0, 0.05) is 29.0 Å². The Kier molecular flexibility index (Phi) is 9.37. The van der Waals surface area contributed by atoms with Gasteiger partial charge in [0.25, 0.3) is 0 Å². The molecule has 1 aliphatic carbocycles. The van der Waals surface area contributed by atoms with Crippen molar-refractivity contribution in [1.29, 1.82) is 0 Å². The van der Waals surface area contributed by atoms with Crippen molar-refractivity contribution in [3.8, 4) is 0 Å². The van der Waals surface area contributed by atoms with E-state index in [0.29, 0.717) is 16.3 Å². The first-order valence-corrected chi connectivity index (χ1v) is 11.6. The van der Waals surface area contributed by atoms with Gasteiger partial charge in [-0.25, -0.2) is 0 Å². The van der Waals surface area contributed by atoms with Crippen LogP contribution in [0.15, 0.2) is 29.2 Å². The monoisotopic (exact) mass is 394 g/mol. The summed E-state index contributed by atoms with van der Waals surface area (Å²) < 4.78 is 0. The summed E-state index contributed by atoms with van der Waals surface area (Å²) in [5, 5.41) is 1.22. The van der Waals surface area contributed by atoms with E-state index in [4.69, 9.17) is 0 Å². The van der Waals surface area contributed by atoms with E-state index in [-0.39, 0.29) is 5.91 Å². The van der Waals surface area contributed by atoms with Crippen molar-refractivity contribution in [3.63, 3.8) is 0 Å². The highest BCUT2D eigenvalue weighted by Gasteiger charge is 2.27. The first-order valence-electron chi connectivity index (χ1n) is 9.70. The maximum absolute atomic E-state index is 12.5. The zero-order chi connectivity index (χ0) is 18.9. The summed E-state index contributed by atoms with van der Waals surface area (Å²) in [6.45, 7) is 4.08. The first-order chi connectivity index (χ1) is 12.5. The molecule has 1 amide bonds. The third-order valence-electron chi connectivity index (χ3n) is 4.96. The molecule has 3 nitrogen and oxygen atoms in total. The van der Waals surface area contributed by atoms with Gasteiger partial charge >= 0.3 is 0 Å². The second kappa shape index (κ2) is 11.3. The molecule has 5 heteroatoms. The Morgan fingerprint density at radius 1 is 1.08 bits per heavy atom. The van der Waals surface area contributed by atoms with Crippen LogP contribution in [-0.4, -0.2) is 66.2 Å². The van der Waals surface area contributed by atoms with Crippen LogP contribution in [0.2, 0.25) is 0 Å². The summed E-state index contributed by atoms with van der Waals surface area (Å²) in [6.07, 6.45) is 6.17. The molecule has 0 spiro atoms. The summed E-state index contributed by atoms with van der Waals surface area (Å²) in [4.78, 5) is 17.9. The number of carbonyl (C=O) groups is 1. The van der Waals surface area contributed by atoms with Crippen molar-refractivity contribution >= 4 is 29.4 Å². The van der Waals surface area contributed by atoms with Crippen LogP contribution < -0.4 is 0 Å². The highest BCUT2D eigenvalue weighted by atomic mass is 32.2. The maximum atomic E-state index is 12.5. The lowest BCUT2D eigenvalue weighted by atomic mass is 10.00. The third kappa shape index (κ3) is 7.16. The van der Waals surface area contributed by atoms with Gasteiger partial charge in [-0.05, 0) is 58.5 Å². The minimum absolute atomic E-state index is 0.277. The Morgan fingerprint density at radius 3 is 2.46 bits per heavy atom. The molecule has 26 heavy (non-hydrogen) atoms. The van der Waals surface area contributed by atoms with E-state index in [0.717, 1.165) is 19.5 Å². The molecule has 0 unspecified atom stereocenters. The lowest BCUT2D eigenvalue weighted by Crippen LogP contribution is -2.33. The summed E-state index contributed by atoms with van der Waals surface area (Å²) in [5.41, 5.74) is 1.36. The van der Waals surface area contributed by atoms with Crippen molar-refractivity contribution in [3.05, 3.63) is 29.8 Å². The quantitative estimate of drug-likeness (QED) is 0.613. The van der Waals surface area contributed by atoms with Crippen LogP contribution in [0, 0.1) is 6.92 Å².